The summed E-state index contributed by atoms with van der Waals surface area (Å²) in [6, 6.07) is 2.54. The number of benzene rings is 1. The molecule has 1 aromatic carbocycles. The van der Waals surface area contributed by atoms with Crippen molar-refractivity contribution >= 4 is 22.6 Å². The van der Waals surface area contributed by atoms with Gasteiger partial charge >= 0.3 is 6.01 Å². The lowest BCUT2D eigenvalue weighted by Crippen LogP contribution is -2.56. The molecular formula is C32H32F3N7O2. The van der Waals surface area contributed by atoms with Gasteiger partial charge in [-0.15, -0.1) is 0 Å². The summed E-state index contributed by atoms with van der Waals surface area (Å²) >= 11 is 0. The number of carbonyl (C=O) groups is 1. The number of aromatic nitrogens is 3. The third-order valence-corrected chi connectivity index (χ3v) is 9.62. The fourth-order valence-corrected chi connectivity index (χ4v) is 7.18. The van der Waals surface area contributed by atoms with E-state index in [0.29, 0.717) is 41.3 Å². The van der Waals surface area contributed by atoms with Crippen molar-refractivity contribution < 1.29 is 22.7 Å². The Hall–Kier alpha value is -4.24. The molecule has 4 atom stereocenters. The number of carbonyl (C=O) groups excluding carboxylic acids is 1. The first-order valence-corrected chi connectivity index (χ1v) is 15.0. The van der Waals surface area contributed by atoms with Gasteiger partial charge in [0.15, 0.2) is 11.6 Å². The Morgan fingerprint density at radius 3 is 2.80 bits per heavy atom. The molecule has 12 heteroatoms. The van der Waals surface area contributed by atoms with E-state index >= 15 is 4.39 Å². The van der Waals surface area contributed by atoms with Crippen LogP contribution >= 0.6 is 0 Å². The number of likely N-dealkylation sites (N-methyl/N-ethyl adjacent to an activating group) is 1. The van der Waals surface area contributed by atoms with Crippen molar-refractivity contribution in [3.63, 3.8) is 0 Å². The summed E-state index contributed by atoms with van der Waals surface area (Å²) in [5.74, 6) is -1.89. The molecule has 1 saturated carbocycles. The fourth-order valence-electron chi connectivity index (χ4n) is 7.18. The quantitative estimate of drug-likeness (QED) is 0.290. The van der Waals surface area contributed by atoms with E-state index in [1.165, 1.54) is 17.2 Å². The number of fused-ring (bicyclic) bond motifs is 4. The van der Waals surface area contributed by atoms with E-state index in [4.69, 9.17) is 11.3 Å². The van der Waals surface area contributed by atoms with Crippen molar-refractivity contribution in [3.05, 3.63) is 64.9 Å². The van der Waals surface area contributed by atoms with Crippen molar-refractivity contribution in [1.29, 1.82) is 0 Å². The standard InChI is InChI=1S/C32H32F3N7O2/c1-17(33)31(43)42-10-9-41(15-20(42)13-36-2)30-24-14-37-28(21-6-7-25(34)26-22-11-18(22)12-23(21)26)27(35)29(24)38-32(39-30)44-16-19-5-4-8-40(19)3/h6-7,14,18-20,22H,1,4-5,8-13,15-16H2,3H3/t18-,19+,20+,22-/m1/s1. The molecule has 0 unspecified atom stereocenters. The number of hydrogen-bond acceptors (Lipinski definition) is 7. The third-order valence-electron chi connectivity index (χ3n) is 9.62. The Kier molecular flexibility index (Phi) is 7.16. The number of rotatable bonds is 7. The van der Waals surface area contributed by atoms with Crippen LogP contribution in [0.25, 0.3) is 27.0 Å². The van der Waals surface area contributed by atoms with E-state index in [9.17, 15) is 13.6 Å². The van der Waals surface area contributed by atoms with Crippen LogP contribution < -0.4 is 9.64 Å². The van der Waals surface area contributed by atoms with Gasteiger partial charge < -0.3 is 24.3 Å². The Balaban J connectivity index is 1.30. The molecule has 7 rings (SSSR count). The second-order valence-corrected chi connectivity index (χ2v) is 12.2. The van der Waals surface area contributed by atoms with Gasteiger partial charge in [0.2, 0.25) is 6.54 Å². The van der Waals surface area contributed by atoms with Crippen LogP contribution in [-0.4, -0.2) is 89.1 Å². The smallest absolute Gasteiger partial charge is 0.319 e. The highest BCUT2D eigenvalue weighted by molar-refractivity contribution is 5.93. The number of anilines is 1. The first-order valence-electron chi connectivity index (χ1n) is 15.0. The highest BCUT2D eigenvalue weighted by atomic mass is 19.1. The van der Waals surface area contributed by atoms with Crippen LogP contribution in [0, 0.1) is 24.1 Å². The molecule has 0 bridgehead atoms. The SMILES string of the molecule is [C-]#[N+]C[C@H]1CN(c2nc(OC[C@@H]3CCCN3C)nc3c(F)c(-c4ccc(F)c5c4C[C@H]4C[C@@H]54)ncc23)CCN1C(=O)C(=C)F. The highest BCUT2D eigenvalue weighted by Gasteiger charge is 2.48. The molecule has 2 aliphatic heterocycles. The van der Waals surface area contributed by atoms with Gasteiger partial charge in [0, 0.05) is 37.4 Å². The Morgan fingerprint density at radius 2 is 2.05 bits per heavy atom. The van der Waals surface area contributed by atoms with Crippen LogP contribution in [0.2, 0.25) is 0 Å². The van der Waals surface area contributed by atoms with Crippen LogP contribution in [0.15, 0.2) is 30.7 Å². The first kappa shape index (κ1) is 28.5. The van der Waals surface area contributed by atoms with Crippen molar-refractivity contribution in [1.82, 2.24) is 24.8 Å². The molecule has 0 radical (unpaired) electrons. The molecule has 4 heterocycles. The van der Waals surface area contributed by atoms with Crippen LogP contribution in [0.5, 0.6) is 6.01 Å². The van der Waals surface area contributed by atoms with Gasteiger partial charge in [0.05, 0.1) is 5.39 Å². The lowest BCUT2D eigenvalue weighted by molar-refractivity contribution is -0.131. The normalized spacial score (nSPS) is 24.2. The maximum absolute atomic E-state index is 16.5. The molecule has 3 fully saturated rings. The monoisotopic (exact) mass is 603 g/mol. The van der Waals surface area contributed by atoms with E-state index in [1.807, 2.05) is 11.9 Å². The Morgan fingerprint density at radius 1 is 1.20 bits per heavy atom. The predicted molar refractivity (Wildman–Crippen MR) is 158 cm³/mol. The fraction of sp³-hybridized carbons (Fsp3) is 0.469. The predicted octanol–water partition coefficient (Wildman–Crippen LogP) is 4.52. The number of halogens is 3. The van der Waals surface area contributed by atoms with Gasteiger partial charge in [0.1, 0.15) is 35.5 Å². The van der Waals surface area contributed by atoms with E-state index in [-0.39, 0.29) is 61.2 Å². The number of likely N-dealkylation sites (tertiary alicyclic amines) is 1. The van der Waals surface area contributed by atoms with Gasteiger partial charge in [-0.05, 0) is 74.4 Å². The summed E-state index contributed by atoms with van der Waals surface area (Å²) in [5, 5.41) is 0.342. The topological polar surface area (TPSA) is 79.1 Å². The lowest BCUT2D eigenvalue weighted by Gasteiger charge is -2.39. The van der Waals surface area contributed by atoms with Gasteiger partial charge in [0.25, 0.3) is 5.91 Å². The molecule has 44 heavy (non-hydrogen) atoms. The highest BCUT2D eigenvalue weighted by Crippen LogP contribution is 2.58. The minimum atomic E-state index is -1.09. The molecule has 2 aliphatic carbocycles. The van der Waals surface area contributed by atoms with Crippen LogP contribution in [0.4, 0.5) is 19.0 Å². The molecule has 2 saturated heterocycles. The second-order valence-electron chi connectivity index (χ2n) is 12.2. The first-order chi connectivity index (χ1) is 21.2. The maximum atomic E-state index is 16.5. The van der Waals surface area contributed by atoms with Crippen molar-refractivity contribution in [3.8, 4) is 17.3 Å². The molecule has 1 amide bonds. The molecule has 4 aliphatic rings. The van der Waals surface area contributed by atoms with E-state index in [0.717, 1.165) is 31.4 Å². The van der Waals surface area contributed by atoms with E-state index in [2.05, 4.69) is 31.3 Å². The van der Waals surface area contributed by atoms with Gasteiger partial charge in [-0.2, -0.15) is 9.97 Å². The average molecular weight is 604 g/mol. The average Bonchev–Trinajstić information content (AvgIpc) is 3.47. The number of hydrogen-bond donors (Lipinski definition) is 0. The lowest BCUT2D eigenvalue weighted by atomic mass is 9.96. The molecule has 0 spiro atoms. The van der Waals surface area contributed by atoms with Gasteiger partial charge in [-0.3, -0.25) is 9.78 Å². The molecule has 228 valence electrons. The number of nitrogens with zero attached hydrogens (tertiary/aromatic N) is 7. The van der Waals surface area contributed by atoms with Crippen molar-refractivity contribution in [2.24, 2.45) is 5.92 Å². The zero-order valence-electron chi connectivity index (χ0n) is 24.4. The van der Waals surface area contributed by atoms with Crippen molar-refractivity contribution in [2.75, 3.05) is 51.3 Å². The van der Waals surface area contributed by atoms with Crippen molar-refractivity contribution in [2.45, 2.75) is 43.7 Å². The van der Waals surface area contributed by atoms with Crippen LogP contribution in [0.1, 0.15) is 36.3 Å². The number of piperazine rings is 1. The summed E-state index contributed by atoms with van der Waals surface area (Å²) in [6.07, 6.45) is 5.19. The minimum Gasteiger partial charge on any atom is -0.462 e. The molecular weight excluding hydrogens is 571 g/mol. The summed E-state index contributed by atoms with van der Waals surface area (Å²) in [6.45, 7) is 12.3. The number of amides is 1. The summed E-state index contributed by atoms with van der Waals surface area (Å²) < 4.78 is 51.1. The summed E-state index contributed by atoms with van der Waals surface area (Å²) in [5.41, 5.74) is 2.18. The summed E-state index contributed by atoms with van der Waals surface area (Å²) in [7, 11) is 2.03. The Bertz CT molecular complexity index is 1730. The maximum Gasteiger partial charge on any atom is 0.319 e. The molecule has 2 aromatic heterocycles. The zero-order chi connectivity index (χ0) is 30.7. The van der Waals surface area contributed by atoms with E-state index in [1.54, 1.807) is 6.07 Å². The summed E-state index contributed by atoms with van der Waals surface area (Å²) in [4.78, 5) is 35.0. The van der Waals surface area contributed by atoms with Gasteiger partial charge in [-0.1, -0.05) is 6.58 Å². The van der Waals surface area contributed by atoms with Crippen LogP contribution in [0.3, 0.4) is 0 Å². The molecule has 0 N–H and O–H groups in total. The Labute approximate surface area is 253 Å². The number of pyridine rings is 1. The largest absolute Gasteiger partial charge is 0.462 e. The molecule has 3 aromatic rings. The third kappa shape index (κ3) is 4.83. The zero-order valence-corrected chi connectivity index (χ0v) is 24.4. The second kappa shape index (κ2) is 11.0. The van der Waals surface area contributed by atoms with E-state index < -0.39 is 23.6 Å². The van der Waals surface area contributed by atoms with Gasteiger partial charge in [-0.25, -0.2) is 19.7 Å². The van der Waals surface area contributed by atoms with Crippen LogP contribution in [-0.2, 0) is 11.2 Å². The number of ether oxygens (including phenoxy) is 1. The minimum absolute atomic E-state index is 0.00630. The molecule has 9 nitrogen and oxygen atoms in total.